The molecule has 0 fully saturated rings. The minimum Gasteiger partial charge on any atom is -0.443 e. The molecular formula is C16H23IN4OS. The number of nitrogens with zero attached hydrogens (tertiary/aromatic N) is 2. The molecule has 0 atom stereocenters. The van der Waals surface area contributed by atoms with Gasteiger partial charge in [-0.05, 0) is 41.1 Å². The molecular weight excluding hydrogens is 423 g/mol. The normalized spacial score (nSPS) is 12.5. The first-order valence-corrected chi connectivity index (χ1v) is 9.42. The van der Waals surface area contributed by atoms with Crippen molar-refractivity contribution in [2.75, 3.05) is 13.6 Å². The molecule has 126 valence electrons. The average Bonchev–Trinajstić information content (AvgIpc) is 3.11. The molecule has 0 aliphatic heterocycles. The second-order valence-corrected chi connectivity index (χ2v) is 9.24. The second-order valence-electron chi connectivity index (χ2n) is 6.18. The van der Waals surface area contributed by atoms with Crippen LogP contribution < -0.4 is 10.6 Å². The molecule has 0 aliphatic rings. The highest BCUT2D eigenvalue weighted by molar-refractivity contribution is 14.1. The van der Waals surface area contributed by atoms with Crippen LogP contribution in [0.15, 0.2) is 27.7 Å². The average molecular weight is 446 g/mol. The molecule has 2 aromatic heterocycles. The number of guanidine groups is 1. The van der Waals surface area contributed by atoms with Crippen molar-refractivity contribution in [2.45, 2.75) is 39.2 Å². The summed E-state index contributed by atoms with van der Waals surface area (Å²) in [7, 11) is 1.76. The first kappa shape index (κ1) is 18.3. The van der Waals surface area contributed by atoms with Crippen LogP contribution in [0.5, 0.6) is 0 Å². The maximum atomic E-state index is 5.76. The van der Waals surface area contributed by atoms with E-state index < -0.39 is 0 Å². The summed E-state index contributed by atoms with van der Waals surface area (Å²) >= 11 is 4.17. The number of thiophene rings is 1. The van der Waals surface area contributed by atoms with Gasteiger partial charge in [0.05, 0.1) is 15.6 Å². The van der Waals surface area contributed by atoms with Crippen LogP contribution in [0.25, 0.3) is 0 Å². The van der Waals surface area contributed by atoms with E-state index in [0.29, 0.717) is 12.4 Å². The number of halogens is 1. The van der Waals surface area contributed by atoms with E-state index >= 15 is 0 Å². The van der Waals surface area contributed by atoms with E-state index in [2.05, 4.69) is 76.1 Å². The Morgan fingerprint density at radius 2 is 2.13 bits per heavy atom. The first-order valence-electron chi connectivity index (χ1n) is 7.52. The molecule has 2 aromatic rings. The standard InChI is InChI=1S/C16H23IN4OS/c1-16(2,3)12-9-20-14(22-12)10-21-15(18-4)19-8-7-11-5-6-13(17)23-11/h5-6,9H,7-8,10H2,1-4H3,(H2,18,19,21). The van der Waals surface area contributed by atoms with Crippen LogP contribution in [0.1, 0.15) is 37.3 Å². The zero-order valence-electron chi connectivity index (χ0n) is 13.9. The molecule has 0 radical (unpaired) electrons. The molecule has 0 amide bonds. The monoisotopic (exact) mass is 446 g/mol. The summed E-state index contributed by atoms with van der Waals surface area (Å²) in [6.07, 6.45) is 2.78. The summed E-state index contributed by atoms with van der Waals surface area (Å²) in [5.74, 6) is 2.32. The highest BCUT2D eigenvalue weighted by Crippen LogP contribution is 2.22. The molecule has 0 aromatic carbocycles. The van der Waals surface area contributed by atoms with Crippen molar-refractivity contribution in [1.29, 1.82) is 0 Å². The minimum absolute atomic E-state index is 0.0244. The van der Waals surface area contributed by atoms with Crippen molar-refractivity contribution in [3.63, 3.8) is 0 Å². The molecule has 23 heavy (non-hydrogen) atoms. The van der Waals surface area contributed by atoms with Gasteiger partial charge in [-0.3, -0.25) is 4.99 Å². The molecule has 0 unspecified atom stereocenters. The third-order valence-electron chi connectivity index (χ3n) is 3.22. The van der Waals surface area contributed by atoms with Crippen molar-refractivity contribution in [3.8, 4) is 0 Å². The van der Waals surface area contributed by atoms with Gasteiger partial charge in [0, 0.05) is 23.9 Å². The molecule has 2 rings (SSSR count). The number of aliphatic imine (C=N–C) groups is 1. The molecule has 0 saturated carbocycles. The lowest BCUT2D eigenvalue weighted by atomic mass is 9.94. The summed E-state index contributed by atoms with van der Waals surface area (Å²) in [5.41, 5.74) is -0.0244. The van der Waals surface area contributed by atoms with Gasteiger partial charge in [-0.25, -0.2) is 4.98 Å². The van der Waals surface area contributed by atoms with Gasteiger partial charge in [-0.2, -0.15) is 0 Å². The van der Waals surface area contributed by atoms with Gasteiger partial charge in [0.25, 0.3) is 0 Å². The van der Waals surface area contributed by atoms with Gasteiger partial charge in [-0.1, -0.05) is 20.8 Å². The van der Waals surface area contributed by atoms with Crippen molar-refractivity contribution >= 4 is 39.9 Å². The summed E-state index contributed by atoms with van der Waals surface area (Å²) in [6.45, 7) is 7.69. The van der Waals surface area contributed by atoms with E-state index in [4.69, 9.17) is 4.42 Å². The third-order valence-corrected chi connectivity index (χ3v) is 5.17. The molecule has 5 nitrogen and oxygen atoms in total. The topological polar surface area (TPSA) is 62.5 Å². The summed E-state index contributed by atoms with van der Waals surface area (Å²) in [4.78, 5) is 9.91. The Bertz CT molecular complexity index is 657. The van der Waals surface area contributed by atoms with E-state index in [9.17, 15) is 0 Å². The lowest BCUT2D eigenvalue weighted by molar-refractivity contribution is 0.379. The van der Waals surface area contributed by atoms with E-state index in [-0.39, 0.29) is 5.41 Å². The quantitative estimate of drug-likeness (QED) is 0.419. The Hall–Kier alpha value is -1.09. The fraction of sp³-hybridized carbons (Fsp3) is 0.500. The number of aromatic nitrogens is 1. The lowest BCUT2D eigenvalue weighted by Crippen LogP contribution is -2.37. The predicted molar refractivity (Wildman–Crippen MR) is 104 cm³/mol. The van der Waals surface area contributed by atoms with Crippen LogP contribution >= 0.6 is 33.9 Å². The summed E-state index contributed by atoms with van der Waals surface area (Å²) < 4.78 is 7.08. The number of oxazole rings is 1. The lowest BCUT2D eigenvalue weighted by Gasteiger charge is -2.13. The zero-order valence-corrected chi connectivity index (χ0v) is 16.9. The maximum absolute atomic E-state index is 5.76. The van der Waals surface area contributed by atoms with Crippen LogP contribution in [0.4, 0.5) is 0 Å². The number of rotatable bonds is 5. The van der Waals surface area contributed by atoms with Crippen LogP contribution in [0, 0.1) is 2.88 Å². The van der Waals surface area contributed by atoms with Crippen molar-refractivity contribution in [2.24, 2.45) is 4.99 Å². The van der Waals surface area contributed by atoms with Crippen molar-refractivity contribution < 1.29 is 4.42 Å². The van der Waals surface area contributed by atoms with Gasteiger partial charge in [0.2, 0.25) is 5.89 Å². The number of hydrogen-bond donors (Lipinski definition) is 2. The van der Waals surface area contributed by atoms with Crippen LogP contribution in [0.3, 0.4) is 0 Å². The summed E-state index contributed by atoms with van der Waals surface area (Å²) in [6, 6.07) is 4.31. The number of nitrogens with one attached hydrogen (secondary N) is 2. The van der Waals surface area contributed by atoms with Crippen LogP contribution in [-0.2, 0) is 18.4 Å². The second kappa shape index (κ2) is 8.14. The summed E-state index contributed by atoms with van der Waals surface area (Å²) in [5, 5.41) is 6.53. The SMILES string of the molecule is CN=C(NCCc1ccc(I)s1)NCc1ncc(C(C)(C)C)o1. The third kappa shape index (κ3) is 5.80. The first-order chi connectivity index (χ1) is 10.9. The Morgan fingerprint density at radius 3 is 2.70 bits per heavy atom. The van der Waals surface area contributed by atoms with Crippen molar-refractivity contribution in [1.82, 2.24) is 15.6 Å². The van der Waals surface area contributed by atoms with Gasteiger partial charge in [0.15, 0.2) is 5.96 Å². The minimum atomic E-state index is -0.0244. The van der Waals surface area contributed by atoms with E-state index in [1.54, 1.807) is 13.2 Å². The fourth-order valence-corrected chi connectivity index (χ4v) is 3.66. The van der Waals surface area contributed by atoms with Gasteiger partial charge in [-0.15, -0.1) is 11.3 Å². The van der Waals surface area contributed by atoms with Crippen LogP contribution in [-0.4, -0.2) is 24.5 Å². The molecule has 2 N–H and O–H groups in total. The number of hydrogen-bond acceptors (Lipinski definition) is 4. The zero-order chi connectivity index (χ0) is 16.9. The van der Waals surface area contributed by atoms with E-state index in [0.717, 1.165) is 24.7 Å². The van der Waals surface area contributed by atoms with Crippen molar-refractivity contribution in [3.05, 3.63) is 37.7 Å². The fourth-order valence-electron chi connectivity index (χ4n) is 1.91. The predicted octanol–water partition coefficient (Wildman–Crippen LogP) is 3.55. The Labute approximate surface area is 155 Å². The van der Waals surface area contributed by atoms with Gasteiger partial charge < -0.3 is 15.1 Å². The van der Waals surface area contributed by atoms with Crippen LogP contribution in [0.2, 0.25) is 0 Å². The molecule has 0 spiro atoms. The molecule has 2 heterocycles. The molecule has 0 aliphatic carbocycles. The molecule has 7 heteroatoms. The largest absolute Gasteiger partial charge is 0.443 e. The highest BCUT2D eigenvalue weighted by Gasteiger charge is 2.19. The van der Waals surface area contributed by atoms with E-state index in [1.165, 1.54) is 7.76 Å². The Morgan fingerprint density at radius 1 is 1.35 bits per heavy atom. The maximum Gasteiger partial charge on any atom is 0.213 e. The molecule has 0 saturated heterocycles. The highest BCUT2D eigenvalue weighted by atomic mass is 127. The Kier molecular flexibility index (Phi) is 6.46. The van der Waals surface area contributed by atoms with Gasteiger partial charge >= 0.3 is 0 Å². The smallest absolute Gasteiger partial charge is 0.213 e. The Balaban J connectivity index is 1.77. The molecule has 0 bridgehead atoms. The van der Waals surface area contributed by atoms with Gasteiger partial charge in [0.1, 0.15) is 5.76 Å². The van der Waals surface area contributed by atoms with E-state index in [1.807, 2.05) is 11.3 Å².